The molecule has 0 atom stereocenters. The third kappa shape index (κ3) is 1.86. The Labute approximate surface area is 132 Å². The van der Waals surface area contributed by atoms with Crippen molar-refractivity contribution in [3.63, 3.8) is 0 Å². The first-order valence-electron chi connectivity index (χ1n) is 7.71. The van der Waals surface area contributed by atoms with Gasteiger partial charge in [0, 0.05) is 10.8 Å². The van der Waals surface area contributed by atoms with Crippen LogP contribution in [0.3, 0.4) is 0 Å². The van der Waals surface area contributed by atoms with Crippen LogP contribution in [0.15, 0.2) is 50.8 Å². The summed E-state index contributed by atoms with van der Waals surface area (Å²) in [4.78, 5) is 8.82. The summed E-state index contributed by atoms with van der Waals surface area (Å²) in [5, 5.41) is 2.10. The molecule has 0 N–H and O–H groups in total. The van der Waals surface area contributed by atoms with E-state index in [1.165, 1.54) is 0 Å². The van der Waals surface area contributed by atoms with Crippen molar-refractivity contribution in [2.24, 2.45) is 9.98 Å². The van der Waals surface area contributed by atoms with E-state index in [1.54, 1.807) is 0 Å². The molecule has 5 rings (SSSR count). The van der Waals surface area contributed by atoms with Crippen molar-refractivity contribution in [2.45, 2.75) is 0 Å². The number of furan rings is 1. The fourth-order valence-electron chi connectivity index (χ4n) is 3.15. The third-order valence-corrected chi connectivity index (χ3v) is 4.16. The van der Waals surface area contributed by atoms with E-state index in [9.17, 15) is 0 Å². The molecule has 0 radical (unpaired) electrons. The summed E-state index contributed by atoms with van der Waals surface area (Å²) in [6, 6.07) is 12.1. The van der Waals surface area contributed by atoms with E-state index in [1.807, 2.05) is 24.3 Å². The molecule has 0 saturated heterocycles. The Morgan fingerprint density at radius 2 is 1.22 bits per heavy atom. The van der Waals surface area contributed by atoms with E-state index in [2.05, 4.69) is 22.1 Å². The van der Waals surface area contributed by atoms with Gasteiger partial charge in [0.25, 0.3) is 0 Å². The minimum absolute atomic E-state index is 0.627. The van der Waals surface area contributed by atoms with E-state index < -0.39 is 0 Å². The van der Waals surface area contributed by atoms with Gasteiger partial charge in [-0.15, -0.1) is 0 Å². The minimum Gasteiger partial charge on any atom is -0.475 e. The van der Waals surface area contributed by atoms with Crippen molar-refractivity contribution in [3.8, 4) is 0 Å². The second kappa shape index (κ2) is 4.84. The van der Waals surface area contributed by atoms with Crippen LogP contribution in [-0.2, 0) is 9.47 Å². The highest BCUT2D eigenvalue weighted by molar-refractivity contribution is 6.17. The molecule has 114 valence electrons. The summed E-state index contributed by atoms with van der Waals surface area (Å²) in [7, 11) is 0. The Morgan fingerprint density at radius 1 is 0.696 bits per heavy atom. The molecule has 5 nitrogen and oxygen atoms in total. The van der Waals surface area contributed by atoms with Gasteiger partial charge in [-0.25, -0.2) is 9.98 Å². The lowest BCUT2D eigenvalue weighted by atomic mass is 10.1. The molecular weight excluding hydrogens is 292 g/mol. The van der Waals surface area contributed by atoms with Gasteiger partial charge < -0.3 is 13.9 Å². The molecule has 1 aromatic heterocycles. The second-order valence-electron chi connectivity index (χ2n) is 5.54. The van der Waals surface area contributed by atoms with E-state index in [0.717, 1.165) is 33.1 Å². The molecule has 0 spiro atoms. The molecule has 23 heavy (non-hydrogen) atoms. The molecule has 0 aliphatic carbocycles. The van der Waals surface area contributed by atoms with Crippen LogP contribution in [0.25, 0.3) is 21.9 Å². The lowest BCUT2D eigenvalue weighted by Gasteiger charge is -2.02. The number of hydrogen-bond acceptors (Lipinski definition) is 5. The summed E-state index contributed by atoms with van der Waals surface area (Å²) in [6.45, 7) is 2.65. The zero-order valence-corrected chi connectivity index (χ0v) is 12.4. The van der Waals surface area contributed by atoms with Crippen LogP contribution in [0.2, 0.25) is 0 Å². The van der Waals surface area contributed by atoms with Crippen LogP contribution in [0, 0.1) is 0 Å². The van der Waals surface area contributed by atoms with Gasteiger partial charge in [-0.2, -0.15) is 0 Å². The number of ether oxygens (including phenoxy) is 2. The van der Waals surface area contributed by atoms with Gasteiger partial charge in [-0.05, 0) is 12.1 Å². The zero-order valence-electron chi connectivity index (χ0n) is 12.4. The molecule has 0 amide bonds. The van der Waals surface area contributed by atoms with Crippen molar-refractivity contribution < 1.29 is 13.9 Å². The van der Waals surface area contributed by atoms with Gasteiger partial charge in [0.1, 0.15) is 24.4 Å². The molecular formula is C18H14N2O3. The van der Waals surface area contributed by atoms with Crippen LogP contribution in [-0.4, -0.2) is 38.1 Å². The molecule has 3 aromatic rings. The van der Waals surface area contributed by atoms with Crippen molar-refractivity contribution in [2.75, 3.05) is 26.3 Å². The number of hydrogen-bond donors (Lipinski definition) is 0. The van der Waals surface area contributed by atoms with Crippen molar-refractivity contribution in [3.05, 3.63) is 47.5 Å². The Kier molecular flexibility index (Phi) is 2.67. The third-order valence-electron chi connectivity index (χ3n) is 4.16. The Bertz CT molecular complexity index is 906. The summed E-state index contributed by atoms with van der Waals surface area (Å²) in [5.74, 6) is 1.32. The van der Waals surface area contributed by atoms with Crippen LogP contribution < -0.4 is 0 Å². The minimum atomic E-state index is 0.627. The van der Waals surface area contributed by atoms with Crippen molar-refractivity contribution in [1.82, 2.24) is 0 Å². The first kappa shape index (κ1) is 12.7. The maximum Gasteiger partial charge on any atom is 0.220 e. The number of para-hydroxylation sites is 2. The molecule has 2 aromatic carbocycles. The van der Waals surface area contributed by atoms with Gasteiger partial charge in [0.15, 0.2) is 0 Å². The van der Waals surface area contributed by atoms with Crippen LogP contribution >= 0.6 is 0 Å². The average Bonchev–Trinajstić information content (AvgIpc) is 3.33. The van der Waals surface area contributed by atoms with E-state index >= 15 is 0 Å². The molecule has 3 heterocycles. The summed E-state index contributed by atoms with van der Waals surface area (Å²) < 4.78 is 17.4. The molecule has 0 bridgehead atoms. The fourth-order valence-corrected chi connectivity index (χ4v) is 3.15. The molecule has 2 aliphatic rings. The maximum atomic E-state index is 6.22. The highest BCUT2D eigenvalue weighted by Crippen LogP contribution is 2.34. The highest BCUT2D eigenvalue weighted by Gasteiger charge is 2.21. The van der Waals surface area contributed by atoms with E-state index in [0.29, 0.717) is 38.1 Å². The monoisotopic (exact) mass is 306 g/mol. The Hall–Kier alpha value is -2.82. The topological polar surface area (TPSA) is 56.3 Å². The average molecular weight is 306 g/mol. The standard InChI is InChI=1S/C18H14N2O3/c1-3-11-12-4-2-6-14(18-20-8-10-22-18)16(12)23-15(11)13(5-1)17-19-7-9-21-17/h1-6H,7-10H2. The number of aliphatic imine (C=N–C) groups is 2. The predicted octanol–water partition coefficient (Wildman–Crippen LogP) is 3.14. The molecule has 0 fully saturated rings. The van der Waals surface area contributed by atoms with Crippen molar-refractivity contribution >= 4 is 33.7 Å². The van der Waals surface area contributed by atoms with E-state index in [4.69, 9.17) is 13.9 Å². The number of rotatable bonds is 2. The number of benzene rings is 2. The smallest absolute Gasteiger partial charge is 0.220 e. The summed E-state index contributed by atoms with van der Waals surface area (Å²) >= 11 is 0. The molecule has 5 heteroatoms. The second-order valence-corrected chi connectivity index (χ2v) is 5.54. The quantitative estimate of drug-likeness (QED) is 0.731. The van der Waals surface area contributed by atoms with Gasteiger partial charge in [0.2, 0.25) is 11.8 Å². The molecule has 0 unspecified atom stereocenters. The predicted molar refractivity (Wildman–Crippen MR) is 88.4 cm³/mol. The largest absolute Gasteiger partial charge is 0.475 e. The van der Waals surface area contributed by atoms with Crippen LogP contribution in [0.5, 0.6) is 0 Å². The normalized spacial score (nSPS) is 17.2. The van der Waals surface area contributed by atoms with Crippen LogP contribution in [0.1, 0.15) is 11.1 Å². The van der Waals surface area contributed by atoms with Crippen molar-refractivity contribution in [1.29, 1.82) is 0 Å². The van der Waals surface area contributed by atoms with E-state index in [-0.39, 0.29) is 0 Å². The lowest BCUT2D eigenvalue weighted by Crippen LogP contribution is -2.01. The Balaban J connectivity index is 1.81. The SMILES string of the molecule is c1cc(C2=NCCO2)c2oc3c(C4=NCCO4)cccc3c2c1. The fraction of sp³-hybridized carbons (Fsp3) is 0.222. The molecule has 2 aliphatic heterocycles. The van der Waals surface area contributed by atoms with Gasteiger partial charge in [0.05, 0.1) is 24.2 Å². The highest BCUT2D eigenvalue weighted by atomic mass is 16.5. The van der Waals surface area contributed by atoms with Gasteiger partial charge in [-0.1, -0.05) is 24.3 Å². The first-order chi connectivity index (χ1) is 11.4. The summed E-state index contributed by atoms with van der Waals surface area (Å²) in [5.41, 5.74) is 3.40. The maximum absolute atomic E-state index is 6.22. The number of nitrogens with zero attached hydrogens (tertiary/aromatic N) is 2. The first-order valence-corrected chi connectivity index (χ1v) is 7.71. The van der Waals surface area contributed by atoms with Gasteiger partial charge in [-0.3, -0.25) is 0 Å². The molecule has 0 saturated carbocycles. The van der Waals surface area contributed by atoms with Gasteiger partial charge >= 0.3 is 0 Å². The summed E-state index contributed by atoms with van der Waals surface area (Å²) in [6.07, 6.45) is 0. The zero-order chi connectivity index (χ0) is 15.2. The Morgan fingerprint density at radius 3 is 1.65 bits per heavy atom. The number of fused-ring (bicyclic) bond motifs is 3. The lowest BCUT2D eigenvalue weighted by molar-refractivity contribution is 0.348. The van der Waals surface area contributed by atoms with Crippen LogP contribution in [0.4, 0.5) is 0 Å².